The molecule has 0 unspecified atom stereocenters. The second-order valence-electron chi connectivity index (χ2n) is 4.66. The zero-order valence-corrected chi connectivity index (χ0v) is 12.9. The molecule has 0 radical (unpaired) electrons. The molecule has 120 valence electrons. The number of phenolic OH excluding ortho intramolecular Hbond substituents is 1. The van der Waals surface area contributed by atoms with E-state index in [4.69, 9.17) is 9.47 Å². The van der Waals surface area contributed by atoms with E-state index in [0.717, 1.165) is 5.56 Å². The molecule has 0 heterocycles. The number of rotatable bonds is 6. The molecule has 2 aromatic carbocycles. The molecule has 0 saturated heterocycles. The van der Waals surface area contributed by atoms with Gasteiger partial charge in [0.2, 0.25) is 0 Å². The summed E-state index contributed by atoms with van der Waals surface area (Å²) in [5, 5.41) is 13.8. The lowest BCUT2D eigenvalue weighted by atomic mass is 10.1. The Labute approximate surface area is 134 Å². The highest BCUT2D eigenvalue weighted by molar-refractivity contribution is 5.87. The quantitative estimate of drug-likeness (QED) is 0.633. The van der Waals surface area contributed by atoms with E-state index in [1.807, 2.05) is 18.2 Å². The van der Waals surface area contributed by atoms with Crippen LogP contribution in [-0.4, -0.2) is 31.4 Å². The maximum absolute atomic E-state index is 12.1. The second kappa shape index (κ2) is 7.95. The monoisotopic (exact) mass is 314 g/mol. The van der Waals surface area contributed by atoms with Gasteiger partial charge in [-0.1, -0.05) is 36.4 Å². The number of nitrogens with zero attached hydrogens (tertiary/aromatic N) is 1. The zero-order valence-electron chi connectivity index (χ0n) is 12.9. The van der Waals surface area contributed by atoms with Crippen LogP contribution in [0.2, 0.25) is 0 Å². The molecule has 0 bridgehead atoms. The van der Waals surface area contributed by atoms with Gasteiger partial charge in [0, 0.05) is 12.7 Å². The summed E-state index contributed by atoms with van der Waals surface area (Å²) in [7, 11) is 2.91. The molecular weight excluding hydrogens is 296 g/mol. The smallest absolute Gasteiger partial charge is 0.273 e. The van der Waals surface area contributed by atoms with Crippen molar-refractivity contribution in [2.75, 3.05) is 14.2 Å². The summed E-state index contributed by atoms with van der Waals surface area (Å²) in [4.78, 5) is 12.1. The van der Waals surface area contributed by atoms with E-state index in [9.17, 15) is 9.90 Å². The van der Waals surface area contributed by atoms with Crippen LogP contribution in [0.3, 0.4) is 0 Å². The van der Waals surface area contributed by atoms with Crippen molar-refractivity contribution in [1.82, 2.24) is 5.43 Å². The van der Waals surface area contributed by atoms with Crippen molar-refractivity contribution in [3.05, 3.63) is 59.7 Å². The maximum Gasteiger partial charge on any atom is 0.273 e. The molecule has 2 aromatic rings. The average Bonchev–Trinajstić information content (AvgIpc) is 2.58. The van der Waals surface area contributed by atoms with Gasteiger partial charge in [0.15, 0.2) is 17.6 Å². The van der Waals surface area contributed by atoms with Gasteiger partial charge in [-0.25, -0.2) is 5.43 Å². The summed E-state index contributed by atoms with van der Waals surface area (Å²) in [6.45, 7) is 0. The van der Waals surface area contributed by atoms with Crippen LogP contribution < -0.4 is 10.2 Å². The Balaban J connectivity index is 2.06. The first-order valence-electron chi connectivity index (χ1n) is 6.94. The topological polar surface area (TPSA) is 80.2 Å². The van der Waals surface area contributed by atoms with Crippen molar-refractivity contribution in [2.45, 2.75) is 6.10 Å². The number of methoxy groups -OCH3 is 2. The molecule has 1 atom stereocenters. The Morgan fingerprint density at radius 1 is 1.17 bits per heavy atom. The predicted molar refractivity (Wildman–Crippen MR) is 86.6 cm³/mol. The highest BCUT2D eigenvalue weighted by Crippen LogP contribution is 2.27. The molecule has 6 nitrogen and oxygen atoms in total. The number of hydrazone groups is 1. The summed E-state index contributed by atoms with van der Waals surface area (Å²) in [5.41, 5.74) is 3.56. The molecule has 2 rings (SSSR count). The summed E-state index contributed by atoms with van der Waals surface area (Å²) in [6, 6.07) is 14.1. The van der Waals surface area contributed by atoms with Crippen LogP contribution in [0.4, 0.5) is 0 Å². The lowest BCUT2D eigenvalue weighted by Crippen LogP contribution is -2.26. The SMILES string of the molecule is COc1cccc(/C=N/NC(=O)[C@H](OC)c2ccccc2)c1O. The van der Waals surface area contributed by atoms with Gasteiger partial charge in [-0.15, -0.1) is 0 Å². The van der Waals surface area contributed by atoms with E-state index in [-0.39, 0.29) is 5.75 Å². The first-order valence-corrected chi connectivity index (χ1v) is 6.94. The standard InChI is InChI=1S/C17H18N2O4/c1-22-14-10-6-9-13(15(14)20)11-18-19-17(21)16(23-2)12-7-4-3-5-8-12/h3-11,16,20H,1-2H3,(H,19,21)/b18-11+/t16-/m1/s1. The molecule has 0 fully saturated rings. The highest BCUT2D eigenvalue weighted by Gasteiger charge is 2.19. The molecule has 2 N–H and O–H groups in total. The number of para-hydroxylation sites is 1. The number of carbonyl (C=O) groups is 1. The number of ether oxygens (including phenoxy) is 2. The second-order valence-corrected chi connectivity index (χ2v) is 4.66. The van der Waals surface area contributed by atoms with Crippen molar-refractivity contribution in [3.8, 4) is 11.5 Å². The first-order chi connectivity index (χ1) is 11.2. The Kier molecular flexibility index (Phi) is 5.71. The Morgan fingerprint density at radius 2 is 1.91 bits per heavy atom. The Bertz CT molecular complexity index is 686. The summed E-state index contributed by atoms with van der Waals surface area (Å²) in [5.74, 6) is -0.115. The van der Waals surface area contributed by atoms with Gasteiger partial charge in [0.25, 0.3) is 5.91 Å². The zero-order chi connectivity index (χ0) is 16.7. The number of aromatic hydroxyl groups is 1. The predicted octanol–water partition coefficient (Wildman–Crippen LogP) is 2.24. The molecule has 6 heteroatoms. The van der Waals surface area contributed by atoms with Crippen LogP contribution in [0.5, 0.6) is 11.5 Å². The molecule has 0 aliphatic rings. The van der Waals surface area contributed by atoms with Gasteiger partial charge in [0.1, 0.15) is 0 Å². The highest BCUT2D eigenvalue weighted by atomic mass is 16.5. The molecule has 0 saturated carbocycles. The Hall–Kier alpha value is -2.86. The van der Waals surface area contributed by atoms with Crippen LogP contribution in [-0.2, 0) is 9.53 Å². The van der Waals surface area contributed by atoms with Crippen LogP contribution >= 0.6 is 0 Å². The number of carbonyl (C=O) groups excluding carboxylic acids is 1. The molecule has 1 amide bonds. The van der Waals surface area contributed by atoms with Crippen LogP contribution in [0.1, 0.15) is 17.2 Å². The number of hydrogen-bond acceptors (Lipinski definition) is 5. The van der Waals surface area contributed by atoms with Crippen molar-refractivity contribution in [2.24, 2.45) is 5.10 Å². The van der Waals surface area contributed by atoms with Gasteiger partial charge >= 0.3 is 0 Å². The van der Waals surface area contributed by atoms with E-state index < -0.39 is 12.0 Å². The molecule has 0 aromatic heterocycles. The van der Waals surface area contributed by atoms with Gasteiger partial charge < -0.3 is 14.6 Å². The van der Waals surface area contributed by atoms with Crippen molar-refractivity contribution in [3.63, 3.8) is 0 Å². The lowest BCUT2D eigenvalue weighted by molar-refractivity contribution is -0.131. The van der Waals surface area contributed by atoms with E-state index in [2.05, 4.69) is 10.5 Å². The number of hydrogen-bond donors (Lipinski definition) is 2. The van der Waals surface area contributed by atoms with Crippen molar-refractivity contribution >= 4 is 12.1 Å². The fourth-order valence-electron chi connectivity index (χ4n) is 2.05. The summed E-state index contributed by atoms with van der Waals surface area (Å²) < 4.78 is 10.2. The van der Waals surface area contributed by atoms with Crippen molar-refractivity contribution < 1.29 is 19.4 Å². The lowest BCUT2D eigenvalue weighted by Gasteiger charge is -2.13. The van der Waals surface area contributed by atoms with E-state index in [0.29, 0.717) is 11.3 Å². The minimum Gasteiger partial charge on any atom is -0.504 e. The minimum absolute atomic E-state index is 0.0423. The van der Waals surface area contributed by atoms with Crippen LogP contribution in [0.15, 0.2) is 53.6 Å². The van der Waals surface area contributed by atoms with Gasteiger partial charge in [0.05, 0.1) is 13.3 Å². The average molecular weight is 314 g/mol. The fraction of sp³-hybridized carbons (Fsp3) is 0.176. The molecule has 0 aliphatic carbocycles. The number of phenols is 1. The van der Waals surface area contributed by atoms with Crippen LogP contribution in [0, 0.1) is 0 Å². The summed E-state index contributed by atoms with van der Waals surface area (Å²) in [6.07, 6.45) is 0.584. The van der Waals surface area contributed by atoms with Crippen LogP contribution in [0.25, 0.3) is 0 Å². The van der Waals surface area contributed by atoms with E-state index >= 15 is 0 Å². The van der Waals surface area contributed by atoms with Gasteiger partial charge in [-0.05, 0) is 17.7 Å². The molecule has 23 heavy (non-hydrogen) atoms. The third kappa shape index (κ3) is 4.08. The molecule has 0 spiro atoms. The first kappa shape index (κ1) is 16.5. The maximum atomic E-state index is 12.1. The van der Waals surface area contributed by atoms with E-state index in [1.54, 1.807) is 30.3 Å². The van der Waals surface area contributed by atoms with Gasteiger partial charge in [-0.3, -0.25) is 4.79 Å². The number of amides is 1. The number of nitrogens with one attached hydrogen (secondary N) is 1. The normalized spacial score (nSPS) is 12.1. The molecular formula is C17H18N2O4. The summed E-state index contributed by atoms with van der Waals surface area (Å²) >= 11 is 0. The van der Waals surface area contributed by atoms with Crippen molar-refractivity contribution in [1.29, 1.82) is 0 Å². The fourth-order valence-corrected chi connectivity index (χ4v) is 2.05. The molecule has 0 aliphatic heterocycles. The van der Waals surface area contributed by atoms with E-state index in [1.165, 1.54) is 20.4 Å². The third-order valence-corrected chi connectivity index (χ3v) is 3.20. The Morgan fingerprint density at radius 3 is 2.57 bits per heavy atom. The van der Waals surface area contributed by atoms with Gasteiger partial charge in [-0.2, -0.15) is 5.10 Å². The minimum atomic E-state index is -0.757. The third-order valence-electron chi connectivity index (χ3n) is 3.20. The number of benzene rings is 2. The largest absolute Gasteiger partial charge is 0.504 e.